The Kier molecular flexibility index (Phi) is 16.2. The average Bonchev–Trinajstić information content (AvgIpc) is 3.42. The third-order valence-electron chi connectivity index (χ3n) is 5.75. The van der Waals surface area contributed by atoms with E-state index in [9.17, 15) is 0 Å². The van der Waals surface area contributed by atoms with Gasteiger partial charge in [0, 0.05) is 9.52 Å². The van der Waals surface area contributed by atoms with E-state index in [1.165, 1.54) is 63.4 Å². The summed E-state index contributed by atoms with van der Waals surface area (Å²) < 4.78 is 0. The summed E-state index contributed by atoms with van der Waals surface area (Å²) in [7, 11) is 11.0. The Balaban J connectivity index is 0.000000339. The SMILES string of the molecule is CCCCc1c[cH-]c(C)c1.C[Si]C.Cc1cc2c(-c3ccc(C(C)(C)C)cc3)cccc2[cH-]1.[Cl][Zr+2][Cl]. The van der Waals surface area contributed by atoms with Crippen molar-refractivity contribution in [1.82, 2.24) is 0 Å². The van der Waals surface area contributed by atoms with E-state index in [1.54, 1.807) is 0 Å². The van der Waals surface area contributed by atoms with Crippen LogP contribution in [0.5, 0.6) is 0 Å². The molecule has 0 aliphatic heterocycles. The Labute approximate surface area is 242 Å². The van der Waals surface area contributed by atoms with E-state index in [0.29, 0.717) is 0 Å². The number of halogens is 2. The van der Waals surface area contributed by atoms with E-state index >= 15 is 0 Å². The van der Waals surface area contributed by atoms with Crippen molar-refractivity contribution >= 4 is 37.3 Å². The van der Waals surface area contributed by atoms with E-state index in [1.807, 2.05) is 0 Å². The zero-order chi connectivity index (χ0) is 27.1. The van der Waals surface area contributed by atoms with Crippen LogP contribution in [0.3, 0.4) is 0 Å². The number of fused-ring (bicyclic) bond motifs is 1. The maximum absolute atomic E-state index is 4.93. The molecule has 4 aromatic carbocycles. The molecule has 0 heterocycles. The molecule has 4 rings (SSSR count). The van der Waals surface area contributed by atoms with Crippen molar-refractivity contribution in [3.63, 3.8) is 0 Å². The quantitative estimate of drug-likeness (QED) is 0.158. The van der Waals surface area contributed by atoms with Gasteiger partial charge in [-0.15, -0.1) is 34.5 Å². The summed E-state index contributed by atoms with van der Waals surface area (Å²) in [5, 5.41) is 2.69. The number of hydrogen-bond acceptors (Lipinski definition) is 0. The second-order valence-corrected chi connectivity index (χ2v) is 14.9. The zero-order valence-corrected chi connectivity index (χ0v) is 28.3. The topological polar surface area (TPSA) is 0 Å². The molecule has 0 nitrogen and oxygen atoms in total. The fraction of sp³-hybridized carbons (Fsp3) is 0.375. The predicted molar refractivity (Wildman–Crippen MR) is 163 cm³/mol. The third-order valence-corrected chi connectivity index (χ3v) is 5.75. The van der Waals surface area contributed by atoms with Gasteiger partial charge in [-0.25, -0.2) is 6.07 Å². The monoisotopic (exact) mass is 614 g/mol. The van der Waals surface area contributed by atoms with Crippen molar-refractivity contribution in [2.75, 3.05) is 0 Å². The van der Waals surface area contributed by atoms with E-state index in [2.05, 4.69) is 127 Å². The molecule has 0 aliphatic carbocycles. The molecule has 192 valence electrons. The van der Waals surface area contributed by atoms with Gasteiger partial charge in [0.25, 0.3) is 0 Å². The van der Waals surface area contributed by atoms with Crippen LogP contribution in [0.15, 0.2) is 72.8 Å². The number of unbranched alkanes of at least 4 members (excludes halogenated alkanes) is 1. The average molecular weight is 617 g/mol. The third kappa shape index (κ3) is 11.6. The molecule has 0 unspecified atom stereocenters. The molecule has 4 aromatic rings. The van der Waals surface area contributed by atoms with Crippen molar-refractivity contribution in [1.29, 1.82) is 0 Å². The van der Waals surface area contributed by atoms with Crippen LogP contribution in [0.2, 0.25) is 13.1 Å². The first-order valence-corrected chi connectivity index (χ1v) is 21.0. The Morgan fingerprint density at radius 1 is 0.917 bits per heavy atom. The second kappa shape index (κ2) is 17.6. The number of aryl methyl sites for hydroxylation is 3. The zero-order valence-electron chi connectivity index (χ0n) is 23.3. The minimum absolute atomic E-state index is 0.210. The maximum atomic E-state index is 4.93. The van der Waals surface area contributed by atoms with Gasteiger partial charge in [-0.3, -0.25) is 0 Å². The first-order valence-electron chi connectivity index (χ1n) is 12.6. The molecule has 0 saturated carbocycles. The molecule has 0 amide bonds. The summed E-state index contributed by atoms with van der Waals surface area (Å²) in [6.07, 6.45) is 3.87. The second-order valence-electron chi connectivity index (χ2n) is 10.1. The van der Waals surface area contributed by atoms with E-state index in [-0.39, 0.29) is 5.41 Å². The van der Waals surface area contributed by atoms with Gasteiger partial charge in [-0.1, -0.05) is 110 Å². The van der Waals surface area contributed by atoms with Crippen LogP contribution in [-0.4, -0.2) is 9.52 Å². The van der Waals surface area contributed by atoms with Crippen LogP contribution in [0, 0.1) is 13.8 Å². The van der Waals surface area contributed by atoms with Gasteiger partial charge in [0.05, 0.1) is 0 Å². The summed E-state index contributed by atoms with van der Waals surface area (Å²) in [5.41, 5.74) is 8.45. The fourth-order valence-electron chi connectivity index (χ4n) is 3.95. The summed E-state index contributed by atoms with van der Waals surface area (Å²) in [4.78, 5) is 0. The van der Waals surface area contributed by atoms with Crippen LogP contribution in [-0.2, 0) is 32.7 Å². The Morgan fingerprint density at radius 3 is 2.03 bits per heavy atom. The molecular formula is C32H42Cl2SiZr. The first-order chi connectivity index (χ1) is 17.1. The number of hydrogen-bond donors (Lipinski definition) is 0. The molecule has 2 radical (unpaired) electrons. The summed E-state index contributed by atoms with van der Waals surface area (Å²) >= 11 is -0.826. The van der Waals surface area contributed by atoms with Crippen molar-refractivity contribution in [3.05, 3.63) is 95.1 Å². The standard InChI is InChI=1S/C20H21.C10H15.C2H6Si.2ClH.Zr/c1-14-12-16-6-5-7-18(19(16)13-14)15-8-10-17(11-9-15)20(2,3)4;1-3-4-5-10-7-6-9(2)8-10;1-3-2;;;/h5-13H,1-4H3;6-8H,3-5H2,1-2H3;1-2H3;2*1H;/q2*-1;;;;+4/p-2. The molecule has 0 atom stereocenters. The Hall–Kier alpha value is -0.920. The van der Waals surface area contributed by atoms with E-state index in [0.717, 1.165) is 9.52 Å². The molecule has 4 heteroatoms. The summed E-state index contributed by atoms with van der Waals surface area (Å²) in [5.74, 6) is 0. The summed E-state index contributed by atoms with van der Waals surface area (Å²) in [6.45, 7) is 17.6. The van der Waals surface area contributed by atoms with Crippen LogP contribution >= 0.6 is 17.0 Å². The van der Waals surface area contributed by atoms with Crippen LogP contribution in [0.1, 0.15) is 62.8 Å². The van der Waals surface area contributed by atoms with Crippen molar-refractivity contribution < 1.29 is 20.8 Å². The Morgan fingerprint density at radius 2 is 1.53 bits per heavy atom. The van der Waals surface area contributed by atoms with Crippen LogP contribution in [0.25, 0.3) is 21.9 Å². The molecule has 0 aliphatic rings. The van der Waals surface area contributed by atoms with Crippen molar-refractivity contribution in [2.45, 2.75) is 79.3 Å². The van der Waals surface area contributed by atoms with Crippen LogP contribution < -0.4 is 0 Å². The van der Waals surface area contributed by atoms with Gasteiger partial charge in [-0.2, -0.15) is 29.3 Å². The molecule has 0 spiro atoms. The number of benzene rings is 2. The molecule has 36 heavy (non-hydrogen) atoms. The molecule has 0 saturated heterocycles. The molecule has 0 N–H and O–H groups in total. The molecule has 0 bridgehead atoms. The Bertz CT molecular complexity index is 1120. The van der Waals surface area contributed by atoms with Gasteiger partial charge < -0.3 is 0 Å². The van der Waals surface area contributed by atoms with Gasteiger partial charge in [-0.05, 0) is 16.5 Å². The van der Waals surface area contributed by atoms with Gasteiger partial charge in [0.15, 0.2) is 0 Å². The summed E-state index contributed by atoms with van der Waals surface area (Å²) in [6, 6.07) is 26.8. The molecule has 0 aromatic heterocycles. The first kappa shape index (κ1) is 33.1. The number of rotatable bonds is 4. The van der Waals surface area contributed by atoms with Crippen molar-refractivity contribution in [3.8, 4) is 11.1 Å². The fourth-order valence-corrected chi connectivity index (χ4v) is 3.95. The van der Waals surface area contributed by atoms with E-state index in [4.69, 9.17) is 17.0 Å². The van der Waals surface area contributed by atoms with Crippen molar-refractivity contribution in [2.24, 2.45) is 0 Å². The molecular weight excluding hydrogens is 575 g/mol. The van der Waals surface area contributed by atoms with Gasteiger partial charge in [0.2, 0.25) is 0 Å². The van der Waals surface area contributed by atoms with Gasteiger partial charge >= 0.3 is 37.9 Å². The van der Waals surface area contributed by atoms with Gasteiger partial charge in [0.1, 0.15) is 0 Å². The predicted octanol–water partition coefficient (Wildman–Crippen LogP) is 11.1. The van der Waals surface area contributed by atoms with E-state index < -0.39 is 20.8 Å². The normalized spacial score (nSPS) is 10.3. The molecule has 0 fully saturated rings. The van der Waals surface area contributed by atoms with Crippen LogP contribution in [0.4, 0.5) is 0 Å². The minimum atomic E-state index is -0.826.